The fourth-order valence-corrected chi connectivity index (χ4v) is 4.53. The van der Waals surface area contributed by atoms with E-state index in [9.17, 15) is 24.4 Å². The Morgan fingerprint density at radius 3 is 2.61 bits per heavy atom. The minimum absolute atomic E-state index is 0.0352. The number of aliphatic hydroxyl groups excluding tert-OH is 2. The molecule has 3 heterocycles. The molecular formula is C19H28N5O8P. The second-order valence-corrected chi connectivity index (χ2v) is 9.47. The maximum atomic E-state index is 12.6. The van der Waals surface area contributed by atoms with E-state index in [-0.39, 0.29) is 42.2 Å². The summed E-state index contributed by atoms with van der Waals surface area (Å²) in [7, 11) is -3.54. The van der Waals surface area contributed by atoms with Gasteiger partial charge in [-0.2, -0.15) is 4.98 Å². The zero-order chi connectivity index (χ0) is 24.3. The number of aromatic amines is 1. The average molecular weight is 485 g/mol. The molecule has 3 rings (SSSR count). The predicted molar refractivity (Wildman–Crippen MR) is 118 cm³/mol. The Morgan fingerprint density at radius 1 is 1.33 bits per heavy atom. The number of amides is 1. The molecule has 4 unspecified atom stereocenters. The van der Waals surface area contributed by atoms with Gasteiger partial charge in [0, 0.05) is 11.7 Å². The molecule has 4 N–H and O–H groups in total. The van der Waals surface area contributed by atoms with E-state index in [1.165, 1.54) is 22.8 Å². The van der Waals surface area contributed by atoms with Crippen molar-refractivity contribution < 1.29 is 33.4 Å². The van der Waals surface area contributed by atoms with Crippen molar-refractivity contribution in [3.8, 4) is 0 Å². The van der Waals surface area contributed by atoms with E-state index in [1.807, 2.05) is 0 Å². The largest absolute Gasteiger partial charge is 0.387 e. The second kappa shape index (κ2) is 10.2. The summed E-state index contributed by atoms with van der Waals surface area (Å²) in [6.07, 6.45) is -2.50. The van der Waals surface area contributed by atoms with Crippen molar-refractivity contribution in [1.29, 1.82) is 0 Å². The minimum atomic E-state index is -3.54. The van der Waals surface area contributed by atoms with Gasteiger partial charge in [-0.25, -0.2) is 4.98 Å². The van der Waals surface area contributed by atoms with Crippen LogP contribution in [0.2, 0.25) is 0 Å². The molecule has 0 radical (unpaired) electrons. The van der Waals surface area contributed by atoms with Gasteiger partial charge in [0.1, 0.15) is 18.3 Å². The van der Waals surface area contributed by atoms with Crippen molar-refractivity contribution in [1.82, 2.24) is 19.5 Å². The Labute approximate surface area is 189 Å². The third-order valence-electron chi connectivity index (χ3n) is 4.82. The quantitative estimate of drug-likeness (QED) is 0.376. The van der Waals surface area contributed by atoms with Gasteiger partial charge >= 0.3 is 7.60 Å². The molecule has 1 aliphatic rings. The maximum Gasteiger partial charge on any atom is 0.353 e. The van der Waals surface area contributed by atoms with Crippen LogP contribution in [0.5, 0.6) is 0 Å². The van der Waals surface area contributed by atoms with Crippen molar-refractivity contribution in [3.63, 3.8) is 0 Å². The van der Waals surface area contributed by atoms with E-state index in [2.05, 4.69) is 20.3 Å². The Balaban J connectivity index is 1.90. The molecule has 14 heteroatoms. The monoisotopic (exact) mass is 485 g/mol. The van der Waals surface area contributed by atoms with Gasteiger partial charge < -0.3 is 24.0 Å². The van der Waals surface area contributed by atoms with Gasteiger partial charge in [0.15, 0.2) is 17.4 Å². The Kier molecular flexibility index (Phi) is 7.83. The molecule has 2 aromatic heterocycles. The minimum Gasteiger partial charge on any atom is -0.387 e. The SMILES string of the molecule is CCOP(=O)(/C=C/C1OC(n2cnc3c(=O)[nH]c(NC(=O)C(C)C)nc32)C(O)C1O)OCC. The molecule has 1 saturated heterocycles. The molecule has 182 valence electrons. The van der Waals surface area contributed by atoms with Crippen LogP contribution in [0, 0.1) is 5.92 Å². The topological polar surface area (TPSA) is 178 Å². The van der Waals surface area contributed by atoms with Crippen LogP contribution in [0.15, 0.2) is 23.0 Å². The van der Waals surface area contributed by atoms with Gasteiger partial charge in [-0.15, -0.1) is 0 Å². The summed E-state index contributed by atoms with van der Waals surface area (Å²) in [5.41, 5.74) is -0.608. The lowest BCUT2D eigenvalue weighted by Crippen LogP contribution is -2.30. The maximum absolute atomic E-state index is 12.6. The number of nitrogens with one attached hydrogen (secondary N) is 2. The number of aliphatic hydroxyl groups is 2. The Hall–Kier alpha value is -2.41. The fourth-order valence-electron chi connectivity index (χ4n) is 3.18. The van der Waals surface area contributed by atoms with Crippen LogP contribution >= 0.6 is 7.60 Å². The van der Waals surface area contributed by atoms with Crippen LogP contribution in [-0.2, 0) is 23.1 Å². The molecule has 33 heavy (non-hydrogen) atoms. The molecule has 13 nitrogen and oxygen atoms in total. The van der Waals surface area contributed by atoms with Crippen molar-refractivity contribution in [2.24, 2.45) is 5.92 Å². The number of imidazole rings is 1. The zero-order valence-electron chi connectivity index (χ0n) is 18.7. The van der Waals surface area contributed by atoms with Crippen molar-refractivity contribution >= 4 is 30.6 Å². The molecule has 1 aliphatic heterocycles. The number of rotatable bonds is 9. The highest BCUT2D eigenvalue weighted by Crippen LogP contribution is 2.50. The van der Waals surface area contributed by atoms with Crippen LogP contribution in [0.1, 0.15) is 33.9 Å². The molecule has 4 atom stereocenters. The standard InChI is InChI=1S/C19H28N5O8P/c1-5-30-33(29,31-6-2)8-7-11-13(25)14(26)18(32-11)24-9-20-12-15(24)21-19(23-17(12)28)22-16(27)10(3)4/h7-11,13-14,18,25-26H,5-6H2,1-4H3,(H2,21,22,23,27,28)/b8-7+. The third-order valence-corrected chi connectivity index (χ3v) is 6.60. The molecule has 2 aromatic rings. The van der Waals surface area contributed by atoms with E-state index >= 15 is 0 Å². The number of aromatic nitrogens is 4. The predicted octanol–water partition coefficient (Wildman–Crippen LogP) is 1.11. The first-order valence-electron chi connectivity index (χ1n) is 10.5. The molecule has 0 saturated carbocycles. The lowest BCUT2D eigenvalue weighted by atomic mass is 10.1. The molecule has 1 fully saturated rings. The van der Waals surface area contributed by atoms with Crippen LogP contribution in [0.3, 0.4) is 0 Å². The summed E-state index contributed by atoms with van der Waals surface area (Å²) in [6.45, 7) is 7.00. The highest BCUT2D eigenvalue weighted by atomic mass is 31.2. The van der Waals surface area contributed by atoms with Gasteiger partial charge in [-0.3, -0.25) is 29.0 Å². The van der Waals surface area contributed by atoms with Crippen molar-refractivity contribution in [2.75, 3.05) is 18.5 Å². The number of anilines is 1. The number of carbonyl (C=O) groups excluding carboxylic acids is 1. The highest BCUT2D eigenvalue weighted by Gasteiger charge is 2.43. The van der Waals surface area contributed by atoms with Crippen LogP contribution in [0.4, 0.5) is 5.95 Å². The number of hydrogen-bond acceptors (Lipinski definition) is 10. The summed E-state index contributed by atoms with van der Waals surface area (Å²) in [5.74, 6) is 0.390. The first-order chi connectivity index (χ1) is 15.6. The van der Waals surface area contributed by atoms with Crippen molar-refractivity contribution in [2.45, 2.75) is 52.2 Å². The van der Waals surface area contributed by atoms with E-state index in [1.54, 1.807) is 27.7 Å². The average Bonchev–Trinajstić information content (AvgIpc) is 3.28. The highest BCUT2D eigenvalue weighted by molar-refractivity contribution is 7.57. The summed E-state index contributed by atoms with van der Waals surface area (Å²) >= 11 is 0. The fraction of sp³-hybridized carbons (Fsp3) is 0.579. The summed E-state index contributed by atoms with van der Waals surface area (Å²) in [5, 5.41) is 23.5. The normalized spacial score (nSPS) is 23.7. The smallest absolute Gasteiger partial charge is 0.353 e. The van der Waals surface area contributed by atoms with Crippen molar-refractivity contribution in [3.05, 3.63) is 28.6 Å². The summed E-state index contributed by atoms with van der Waals surface area (Å²) < 4.78 is 30.0. The second-order valence-electron chi connectivity index (χ2n) is 7.57. The van der Waals surface area contributed by atoms with E-state index < -0.39 is 37.7 Å². The van der Waals surface area contributed by atoms with Gasteiger partial charge in [-0.05, 0) is 19.9 Å². The molecule has 1 amide bonds. The number of hydrogen-bond donors (Lipinski definition) is 4. The molecule has 0 aromatic carbocycles. The lowest BCUT2D eigenvalue weighted by molar-refractivity contribution is -0.118. The molecule has 0 bridgehead atoms. The number of fused-ring (bicyclic) bond motifs is 1. The lowest BCUT2D eigenvalue weighted by Gasteiger charge is -2.16. The number of nitrogens with zero attached hydrogens (tertiary/aromatic N) is 3. The van der Waals surface area contributed by atoms with Crippen LogP contribution in [-0.4, -0.2) is 67.2 Å². The van der Waals surface area contributed by atoms with Gasteiger partial charge in [0.25, 0.3) is 5.56 Å². The van der Waals surface area contributed by atoms with E-state index in [0.29, 0.717) is 0 Å². The molecule has 0 spiro atoms. The summed E-state index contributed by atoms with van der Waals surface area (Å²) in [6, 6.07) is 0. The number of ether oxygens (including phenoxy) is 1. The van der Waals surface area contributed by atoms with Crippen LogP contribution < -0.4 is 10.9 Å². The summed E-state index contributed by atoms with van der Waals surface area (Å²) in [4.78, 5) is 35.0. The van der Waals surface area contributed by atoms with Gasteiger partial charge in [0.05, 0.1) is 19.5 Å². The first-order valence-corrected chi connectivity index (χ1v) is 12.1. The molecule has 0 aliphatic carbocycles. The van der Waals surface area contributed by atoms with Gasteiger partial charge in [-0.1, -0.05) is 13.8 Å². The first kappa shape index (κ1) is 25.2. The zero-order valence-corrected chi connectivity index (χ0v) is 19.6. The van der Waals surface area contributed by atoms with E-state index in [0.717, 1.165) is 0 Å². The third kappa shape index (κ3) is 5.40. The van der Waals surface area contributed by atoms with Gasteiger partial charge in [0.2, 0.25) is 11.9 Å². The Bertz CT molecular complexity index is 1120. The number of carbonyl (C=O) groups is 1. The van der Waals surface area contributed by atoms with E-state index in [4.69, 9.17) is 13.8 Å². The molecular weight excluding hydrogens is 457 g/mol. The Morgan fingerprint density at radius 2 is 2.00 bits per heavy atom. The number of H-pyrrole nitrogens is 1. The van der Waals surface area contributed by atoms with Crippen LogP contribution in [0.25, 0.3) is 11.2 Å².